The maximum Gasteiger partial charge on any atom is 0.241 e. The molecule has 2 N–H and O–H groups in total. The zero-order chi connectivity index (χ0) is 23.0. The van der Waals surface area contributed by atoms with Crippen LogP contribution in [0.1, 0.15) is 58.9 Å². The summed E-state index contributed by atoms with van der Waals surface area (Å²) in [4.78, 5) is 5.42. The molecule has 0 bridgehead atoms. The minimum absolute atomic E-state index is 0.256. The molecule has 1 unspecified atom stereocenters. The fraction of sp³-hybridized carbons (Fsp3) is 0.708. The number of nitrogens with zero attached hydrogens (tertiary/aromatic N) is 4. The Hall–Kier alpha value is -1.68. The lowest BCUT2D eigenvalue weighted by Crippen LogP contribution is -2.57. The van der Waals surface area contributed by atoms with Crippen LogP contribution in [-0.2, 0) is 10.0 Å². The van der Waals surface area contributed by atoms with Crippen molar-refractivity contribution in [1.29, 1.82) is 0 Å². The van der Waals surface area contributed by atoms with Gasteiger partial charge in [-0.3, -0.25) is 9.58 Å². The zero-order valence-corrected chi connectivity index (χ0v) is 20.7. The molecule has 3 atom stereocenters. The number of fused-ring (bicyclic) bond motifs is 1. The van der Waals surface area contributed by atoms with Gasteiger partial charge in [-0.05, 0) is 71.6 Å². The summed E-state index contributed by atoms with van der Waals surface area (Å²) in [6, 6.07) is 5.59. The number of piperazine rings is 1. The fourth-order valence-corrected chi connectivity index (χ4v) is 7.46. The number of anilines is 1. The van der Waals surface area contributed by atoms with Crippen LogP contribution in [0.3, 0.4) is 0 Å². The molecule has 4 aliphatic rings. The predicted octanol–water partition coefficient (Wildman–Crippen LogP) is 2.46. The third kappa shape index (κ3) is 3.96. The van der Waals surface area contributed by atoms with Crippen molar-refractivity contribution in [2.75, 3.05) is 31.1 Å². The van der Waals surface area contributed by atoms with Gasteiger partial charge >= 0.3 is 0 Å². The topological polar surface area (TPSA) is 82.5 Å². The van der Waals surface area contributed by atoms with Crippen LogP contribution in [0.15, 0.2) is 23.2 Å². The van der Waals surface area contributed by atoms with E-state index < -0.39 is 10.0 Å². The molecule has 0 spiro atoms. The predicted molar refractivity (Wildman–Crippen MR) is 130 cm³/mol. The molecular formula is C24H36N6O2S. The van der Waals surface area contributed by atoms with E-state index in [-0.39, 0.29) is 11.6 Å². The highest BCUT2D eigenvalue weighted by Gasteiger charge is 2.42. The summed E-state index contributed by atoms with van der Waals surface area (Å²) in [7, 11) is -3.61. The Morgan fingerprint density at radius 3 is 2.42 bits per heavy atom. The van der Waals surface area contributed by atoms with Gasteiger partial charge in [-0.25, -0.2) is 13.1 Å². The maximum absolute atomic E-state index is 13.4. The van der Waals surface area contributed by atoms with Crippen LogP contribution < -0.4 is 14.9 Å². The summed E-state index contributed by atoms with van der Waals surface area (Å²) in [5.74, 6) is 0. The lowest BCUT2D eigenvalue weighted by Gasteiger charge is -2.46. The molecule has 180 valence electrons. The molecule has 1 aromatic carbocycles. The van der Waals surface area contributed by atoms with Crippen LogP contribution in [0.5, 0.6) is 0 Å². The molecule has 4 fully saturated rings. The van der Waals surface area contributed by atoms with E-state index in [2.05, 4.69) is 33.7 Å². The smallest absolute Gasteiger partial charge is 0.241 e. The summed E-state index contributed by atoms with van der Waals surface area (Å²) in [6.07, 6.45) is 7.35. The van der Waals surface area contributed by atoms with Crippen LogP contribution in [-0.4, -0.2) is 72.9 Å². The van der Waals surface area contributed by atoms with Crippen molar-refractivity contribution in [3.05, 3.63) is 18.3 Å². The Morgan fingerprint density at radius 1 is 1.09 bits per heavy atom. The number of benzene rings is 1. The van der Waals surface area contributed by atoms with Gasteiger partial charge in [0.25, 0.3) is 0 Å². The summed E-state index contributed by atoms with van der Waals surface area (Å²) in [6.45, 7) is 10.2. The van der Waals surface area contributed by atoms with Gasteiger partial charge in [-0.15, -0.1) is 0 Å². The standard InChI is InChI=1S/C24H36N6O2S/c1-16-14-28(15-17(2)29(16)18-4-5-18)22-10-20(33(31,32)27-24(3)7-8-24)11-23-21(22)13-26-30(23)19-6-9-25-12-19/h10-11,13,16-19,25,27H,4-9,12,14-15H2,1-3H3/t16-,17+,19?. The van der Waals surface area contributed by atoms with Crippen molar-refractivity contribution >= 4 is 26.6 Å². The van der Waals surface area contributed by atoms with E-state index in [9.17, 15) is 8.42 Å². The molecule has 33 heavy (non-hydrogen) atoms. The summed E-state index contributed by atoms with van der Waals surface area (Å²) >= 11 is 0. The molecule has 2 aliphatic heterocycles. The Bertz CT molecular complexity index is 1150. The number of aromatic nitrogens is 2. The monoisotopic (exact) mass is 472 g/mol. The van der Waals surface area contributed by atoms with Gasteiger partial charge in [0.1, 0.15) is 0 Å². The average Bonchev–Trinajstić information content (AvgIpc) is 3.59. The largest absolute Gasteiger partial charge is 0.368 e. The molecule has 0 radical (unpaired) electrons. The first-order valence-electron chi connectivity index (χ1n) is 12.5. The van der Waals surface area contributed by atoms with E-state index in [1.54, 1.807) is 0 Å². The van der Waals surface area contributed by atoms with Crippen LogP contribution in [0, 0.1) is 0 Å². The second-order valence-electron chi connectivity index (χ2n) is 11.1. The quantitative estimate of drug-likeness (QED) is 0.672. The first-order chi connectivity index (χ1) is 15.7. The van der Waals surface area contributed by atoms with Crippen molar-refractivity contribution in [3.8, 4) is 0 Å². The highest BCUT2D eigenvalue weighted by atomic mass is 32.2. The summed E-state index contributed by atoms with van der Waals surface area (Å²) in [5.41, 5.74) is 1.62. The second-order valence-corrected chi connectivity index (χ2v) is 12.7. The van der Waals surface area contributed by atoms with Gasteiger partial charge in [-0.2, -0.15) is 5.10 Å². The van der Waals surface area contributed by atoms with E-state index in [1.807, 2.05) is 29.9 Å². The van der Waals surface area contributed by atoms with Crippen molar-refractivity contribution in [3.63, 3.8) is 0 Å². The number of nitrogens with one attached hydrogen (secondary N) is 2. The van der Waals surface area contributed by atoms with Gasteiger partial charge in [0, 0.05) is 54.4 Å². The van der Waals surface area contributed by atoms with Crippen molar-refractivity contribution in [2.45, 2.75) is 87.5 Å². The van der Waals surface area contributed by atoms with Crippen molar-refractivity contribution in [1.82, 2.24) is 24.7 Å². The minimum atomic E-state index is -3.61. The van der Waals surface area contributed by atoms with Gasteiger partial charge in [0.05, 0.1) is 22.7 Å². The molecule has 3 heterocycles. The molecule has 2 aliphatic carbocycles. The van der Waals surface area contributed by atoms with Crippen LogP contribution in [0.25, 0.3) is 10.9 Å². The molecular weight excluding hydrogens is 436 g/mol. The van der Waals surface area contributed by atoms with Crippen LogP contribution >= 0.6 is 0 Å². The SMILES string of the molecule is C[C@@H]1CN(c2cc(S(=O)(=O)NC3(C)CC3)cc3c2cnn3C2CCNC2)C[C@H](C)N1C1CC1. The third-order valence-electron chi connectivity index (χ3n) is 8.04. The van der Waals surface area contributed by atoms with Crippen molar-refractivity contribution in [2.24, 2.45) is 0 Å². The van der Waals surface area contributed by atoms with E-state index in [1.165, 1.54) is 12.8 Å². The Labute approximate surface area is 196 Å². The fourth-order valence-electron chi connectivity index (χ4n) is 5.96. The minimum Gasteiger partial charge on any atom is -0.368 e. The van der Waals surface area contributed by atoms with Gasteiger partial charge in [-0.1, -0.05) is 0 Å². The van der Waals surface area contributed by atoms with Gasteiger partial charge in [0.15, 0.2) is 0 Å². The molecule has 2 aromatic rings. The highest BCUT2D eigenvalue weighted by molar-refractivity contribution is 7.89. The lowest BCUT2D eigenvalue weighted by molar-refractivity contribution is 0.122. The normalized spacial score (nSPS) is 30.3. The van der Waals surface area contributed by atoms with Crippen LogP contribution in [0.2, 0.25) is 0 Å². The first kappa shape index (κ1) is 21.8. The van der Waals surface area contributed by atoms with Crippen molar-refractivity contribution < 1.29 is 8.42 Å². The van der Waals surface area contributed by atoms with E-state index in [0.29, 0.717) is 17.0 Å². The van der Waals surface area contributed by atoms with Gasteiger partial charge < -0.3 is 10.2 Å². The molecule has 6 rings (SSSR count). The highest BCUT2D eigenvalue weighted by Crippen LogP contribution is 2.39. The summed E-state index contributed by atoms with van der Waals surface area (Å²) in [5, 5.41) is 9.23. The maximum atomic E-state index is 13.4. The molecule has 0 amide bonds. The van der Waals surface area contributed by atoms with Crippen LogP contribution in [0.4, 0.5) is 5.69 Å². The zero-order valence-electron chi connectivity index (χ0n) is 19.9. The number of hydrogen-bond acceptors (Lipinski definition) is 6. The molecule has 2 saturated heterocycles. The molecule has 8 nitrogen and oxygen atoms in total. The number of hydrogen-bond donors (Lipinski definition) is 2. The molecule has 9 heteroatoms. The Balaban J connectivity index is 1.43. The third-order valence-corrected chi connectivity index (χ3v) is 9.65. The number of rotatable bonds is 6. The average molecular weight is 473 g/mol. The Morgan fingerprint density at radius 2 is 1.82 bits per heavy atom. The van der Waals surface area contributed by atoms with E-state index >= 15 is 0 Å². The summed E-state index contributed by atoms with van der Waals surface area (Å²) < 4.78 is 31.8. The first-order valence-corrected chi connectivity index (χ1v) is 14.0. The van der Waals surface area contributed by atoms with E-state index in [4.69, 9.17) is 5.10 Å². The van der Waals surface area contributed by atoms with E-state index in [0.717, 1.165) is 68.1 Å². The van der Waals surface area contributed by atoms with Gasteiger partial charge in [0.2, 0.25) is 10.0 Å². The molecule has 2 saturated carbocycles. The second kappa shape index (κ2) is 7.66. The lowest BCUT2D eigenvalue weighted by atomic mass is 10.1. The number of sulfonamides is 1. The Kier molecular flexibility index (Phi) is 5.07. The molecule has 1 aromatic heterocycles.